The molecule has 138 valence electrons. The van der Waals surface area contributed by atoms with Crippen molar-refractivity contribution < 1.29 is 17.9 Å². The standard InChI is InChI=1S/C19H22N2O4S/c1-3-25-18-8-6-5-7-16(18)20-19(22)15-9-10-17-14(13-15)11-12-21(17)26(23,24)4-2/h5-10,13H,3-4,11-12H2,1-2H3,(H,20,22). The largest absolute Gasteiger partial charge is 0.492 e. The van der Waals surface area contributed by atoms with Crippen LogP contribution in [0.1, 0.15) is 29.8 Å². The number of hydrogen-bond acceptors (Lipinski definition) is 4. The lowest BCUT2D eigenvalue weighted by molar-refractivity contribution is 0.102. The number of carbonyl (C=O) groups excluding carboxylic acids is 1. The maximum absolute atomic E-state index is 12.6. The van der Waals surface area contributed by atoms with Crippen LogP contribution in [0.15, 0.2) is 42.5 Å². The van der Waals surface area contributed by atoms with Crippen LogP contribution in [0.5, 0.6) is 5.75 Å². The number of carbonyl (C=O) groups is 1. The van der Waals surface area contributed by atoms with Crippen LogP contribution in [0.25, 0.3) is 0 Å². The molecule has 6 nitrogen and oxygen atoms in total. The van der Waals surface area contributed by atoms with E-state index in [4.69, 9.17) is 4.74 Å². The third kappa shape index (κ3) is 3.53. The Kier molecular flexibility index (Phi) is 5.18. The summed E-state index contributed by atoms with van der Waals surface area (Å²) in [4.78, 5) is 12.6. The monoisotopic (exact) mass is 374 g/mol. The molecule has 1 amide bonds. The summed E-state index contributed by atoms with van der Waals surface area (Å²) >= 11 is 0. The van der Waals surface area contributed by atoms with E-state index in [1.807, 2.05) is 19.1 Å². The van der Waals surface area contributed by atoms with Gasteiger partial charge in [-0.05, 0) is 56.2 Å². The molecular weight excluding hydrogens is 352 g/mol. The first-order valence-corrected chi connectivity index (χ1v) is 10.2. The van der Waals surface area contributed by atoms with E-state index in [-0.39, 0.29) is 11.7 Å². The molecule has 0 radical (unpaired) electrons. The van der Waals surface area contributed by atoms with Crippen molar-refractivity contribution in [3.05, 3.63) is 53.6 Å². The summed E-state index contributed by atoms with van der Waals surface area (Å²) < 4.78 is 31.3. The summed E-state index contributed by atoms with van der Waals surface area (Å²) in [7, 11) is -3.29. The molecule has 2 aromatic rings. The van der Waals surface area contributed by atoms with E-state index < -0.39 is 10.0 Å². The van der Waals surface area contributed by atoms with Gasteiger partial charge in [-0.15, -0.1) is 0 Å². The molecule has 0 spiro atoms. The highest BCUT2D eigenvalue weighted by atomic mass is 32.2. The van der Waals surface area contributed by atoms with Crippen molar-refractivity contribution in [2.45, 2.75) is 20.3 Å². The van der Waals surface area contributed by atoms with Gasteiger partial charge in [-0.3, -0.25) is 9.10 Å². The Balaban J connectivity index is 1.83. The van der Waals surface area contributed by atoms with Gasteiger partial charge in [-0.2, -0.15) is 0 Å². The van der Waals surface area contributed by atoms with Gasteiger partial charge in [0.15, 0.2) is 0 Å². The quantitative estimate of drug-likeness (QED) is 0.843. The number of nitrogens with zero attached hydrogens (tertiary/aromatic N) is 1. The number of hydrogen-bond donors (Lipinski definition) is 1. The Morgan fingerprint density at radius 1 is 1.19 bits per heavy atom. The van der Waals surface area contributed by atoms with Crippen LogP contribution < -0.4 is 14.4 Å². The molecule has 26 heavy (non-hydrogen) atoms. The fourth-order valence-corrected chi connectivity index (χ4v) is 4.16. The van der Waals surface area contributed by atoms with Gasteiger partial charge in [0.05, 0.1) is 23.7 Å². The summed E-state index contributed by atoms with van der Waals surface area (Å²) in [5.74, 6) is 0.421. The minimum absolute atomic E-state index is 0.0584. The number of anilines is 2. The molecule has 1 heterocycles. The van der Waals surface area contributed by atoms with E-state index in [1.54, 1.807) is 37.3 Å². The van der Waals surface area contributed by atoms with Crippen LogP contribution >= 0.6 is 0 Å². The Bertz CT molecular complexity index is 925. The molecule has 0 aliphatic carbocycles. The van der Waals surface area contributed by atoms with Gasteiger partial charge in [-0.25, -0.2) is 8.42 Å². The number of para-hydroxylation sites is 2. The lowest BCUT2D eigenvalue weighted by atomic mass is 10.1. The van der Waals surface area contributed by atoms with Gasteiger partial charge < -0.3 is 10.1 Å². The van der Waals surface area contributed by atoms with Crippen LogP contribution in [0.2, 0.25) is 0 Å². The summed E-state index contributed by atoms with van der Waals surface area (Å²) in [6, 6.07) is 12.4. The van der Waals surface area contributed by atoms with E-state index in [9.17, 15) is 13.2 Å². The molecule has 2 aromatic carbocycles. The van der Waals surface area contributed by atoms with Gasteiger partial charge in [0.1, 0.15) is 5.75 Å². The Hall–Kier alpha value is -2.54. The van der Waals surface area contributed by atoms with Gasteiger partial charge in [0.25, 0.3) is 5.91 Å². The van der Waals surface area contributed by atoms with Crippen LogP contribution in [0, 0.1) is 0 Å². The van der Waals surface area contributed by atoms with E-state index in [1.165, 1.54) is 4.31 Å². The third-order valence-electron chi connectivity index (χ3n) is 4.33. The highest BCUT2D eigenvalue weighted by molar-refractivity contribution is 7.92. The SMILES string of the molecule is CCOc1ccccc1NC(=O)c1ccc2c(c1)CCN2S(=O)(=O)CC. The number of amides is 1. The normalized spacial score (nSPS) is 13.4. The number of benzene rings is 2. The topological polar surface area (TPSA) is 75.7 Å². The average Bonchev–Trinajstić information content (AvgIpc) is 3.07. The van der Waals surface area contributed by atoms with Gasteiger partial charge >= 0.3 is 0 Å². The molecule has 0 saturated carbocycles. The van der Waals surface area contributed by atoms with Gasteiger partial charge in [0, 0.05) is 12.1 Å². The van der Waals surface area contributed by atoms with Crippen LogP contribution in [0.3, 0.4) is 0 Å². The minimum atomic E-state index is -3.29. The van der Waals surface area contributed by atoms with Crippen molar-refractivity contribution in [1.29, 1.82) is 0 Å². The lowest BCUT2D eigenvalue weighted by Crippen LogP contribution is -2.30. The summed E-state index contributed by atoms with van der Waals surface area (Å²) in [6.45, 7) is 4.44. The molecule has 0 bridgehead atoms. The van der Waals surface area contributed by atoms with Crippen LogP contribution in [-0.4, -0.2) is 33.2 Å². The molecule has 0 saturated heterocycles. The van der Waals surface area contributed by atoms with E-state index in [0.29, 0.717) is 42.3 Å². The summed E-state index contributed by atoms with van der Waals surface area (Å²) in [5.41, 5.74) is 2.63. The first-order valence-electron chi connectivity index (χ1n) is 8.62. The van der Waals surface area contributed by atoms with Crippen LogP contribution in [0.4, 0.5) is 11.4 Å². The molecule has 7 heteroatoms. The molecule has 1 N–H and O–H groups in total. The average molecular weight is 374 g/mol. The smallest absolute Gasteiger partial charge is 0.255 e. The number of rotatable bonds is 6. The number of fused-ring (bicyclic) bond motifs is 1. The van der Waals surface area contributed by atoms with Crippen molar-refractivity contribution in [2.75, 3.05) is 28.5 Å². The summed E-state index contributed by atoms with van der Waals surface area (Å²) in [5, 5.41) is 2.86. The van der Waals surface area contributed by atoms with Gasteiger partial charge in [0.2, 0.25) is 10.0 Å². The van der Waals surface area contributed by atoms with Gasteiger partial charge in [-0.1, -0.05) is 12.1 Å². The predicted octanol–water partition coefficient (Wildman–Crippen LogP) is 3.05. The van der Waals surface area contributed by atoms with E-state index >= 15 is 0 Å². The fraction of sp³-hybridized carbons (Fsp3) is 0.316. The molecule has 0 atom stereocenters. The Morgan fingerprint density at radius 2 is 1.96 bits per heavy atom. The van der Waals surface area contributed by atoms with E-state index in [2.05, 4.69) is 5.32 Å². The molecular formula is C19H22N2O4S. The van der Waals surface area contributed by atoms with Crippen molar-refractivity contribution in [1.82, 2.24) is 0 Å². The molecule has 1 aliphatic heterocycles. The Labute approximate surface area is 153 Å². The van der Waals surface area contributed by atoms with Crippen LogP contribution in [-0.2, 0) is 16.4 Å². The van der Waals surface area contributed by atoms with Crippen molar-refractivity contribution >= 4 is 27.3 Å². The molecule has 0 fully saturated rings. The zero-order valence-electron chi connectivity index (χ0n) is 14.9. The summed E-state index contributed by atoms with van der Waals surface area (Å²) in [6.07, 6.45) is 0.602. The number of sulfonamides is 1. The highest BCUT2D eigenvalue weighted by Crippen LogP contribution is 2.32. The zero-order chi connectivity index (χ0) is 18.7. The fourth-order valence-electron chi connectivity index (χ4n) is 3.00. The molecule has 0 unspecified atom stereocenters. The predicted molar refractivity (Wildman–Crippen MR) is 103 cm³/mol. The number of nitrogens with one attached hydrogen (secondary N) is 1. The second-order valence-corrected chi connectivity index (χ2v) is 8.13. The molecule has 1 aliphatic rings. The lowest BCUT2D eigenvalue weighted by Gasteiger charge is -2.18. The number of ether oxygens (including phenoxy) is 1. The maximum atomic E-state index is 12.6. The van der Waals surface area contributed by atoms with Crippen molar-refractivity contribution in [3.8, 4) is 5.75 Å². The Morgan fingerprint density at radius 3 is 2.69 bits per heavy atom. The zero-order valence-corrected chi connectivity index (χ0v) is 15.7. The minimum Gasteiger partial charge on any atom is -0.492 e. The van der Waals surface area contributed by atoms with E-state index in [0.717, 1.165) is 5.56 Å². The maximum Gasteiger partial charge on any atom is 0.255 e. The van der Waals surface area contributed by atoms with Crippen molar-refractivity contribution in [2.24, 2.45) is 0 Å². The highest BCUT2D eigenvalue weighted by Gasteiger charge is 2.28. The second-order valence-electron chi connectivity index (χ2n) is 5.95. The first kappa shape index (κ1) is 18.3. The third-order valence-corrected chi connectivity index (χ3v) is 6.11. The first-order chi connectivity index (χ1) is 12.5. The molecule has 3 rings (SSSR count). The second kappa shape index (κ2) is 7.37. The van der Waals surface area contributed by atoms with Crippen molar-refractivity contribution in [3.63, 3.8) is 0 Å². The molecule has 0 aromatic heterocycles.